The fourth-order valence-corrected chi connectivity index (χ4v) is 5.86. The topological polar surface area (TPSA) is 90.9 Å². The van der Waals surface area contributed by atoms with Gasteiger partial charge in [0.25, 0.3) is 0 Å². The highest BCUT2D eigenvalue weighted by Gasteiger charge is 2.28. The summed E-state index contributed by atoms with van der Waals surface area (Å²) in [6.45, 7) is 3.49. The first kappa shape index (κ1) is 20.3. The van der Waals surface area contributed by atoms with E-state index in [1.54, 1.807) is 12.1 Å². The molecule has 1 saturated carbocycles. The van der Waals surface area contributed by atoms with E-state index in [2.05, 4.69) is 15.1 Å². The predicted octanol–water partition coefficient (Wildman–Crippen LogP) is 2.48. The minimum absolute atomic E-state index is 0.0139. The van der Waals surface area contributed by atoms with E-state index in [1.165, 1.54) is 0 Å². The number of fused-ring (bicyclic) bond motifs is 1. The molecule has 1 aliphatic heterocycles. The molecule has 8 heteroatoms. The second kappa shape index (κ2) is 8.44. The maximum atomic E-state index is 12.8. The Kier molecular flexibility index (Phi) is 5.92. The molecule has 1 amide bonds. The quantitative estimate of drug-likeness (QED) is 0.712. The first-order valence-corrected chi connectivity index (χ1v) is 12.1. The minimum Gasteiger partial charge on any atom is -0.349 e. The van der Waals surface area contributed by atoms with Crippen molar-refractivity contribution in [2.75, 3.05) is 13.1 Å². The molecule has 158 valence electrons. The molecule has 2 aliphatic carbocycles. The van der Waals surface area contributed by atoms with Crippen molar-refractivity contribution < 1.29 is 13.2 Å². The zero-order valence-corrected chi connectivity index (χ0v) is 17.8. The molecule has 0 spiro atoms. The number of amides is 1. The smallest absolute Gasteiger partial charge is 0.240 e. The van der Waals surface area contributed by atoms with Crippen LogP contribution in [0.3, 0.4) is 0 Å². The van der Waals surface area contributed by atoms with E-state index in [0.717, 1.165) is 68.3 Å². The lowest BCUT2D eigenvalue weighted by molar-refractivity contribution is -0.122. The Labute approximate surface area is 173 Å². The van der Waals surface area contributed by atoms with Gasteiger partial charge in [0.15, 0.2) is 0 Å². The van der Waals surface area contributed by atoms with Crippen molar-refractivity contribution in [3.63, 3.8) is 0 Å². The summed E-state index contributed by atoms with van der Waals surface area (Å²) in [6.07, 6.45) is 6.98. The number of aryl methyl sites for hydroxylation is 1. The van der Waals surface area contributed by atoms with E-state index in [0.29, 0.717) is 17.9 Å². The maximum absolute atomic E-state index is 12.8. The molecule has 1 unspecified atom stereocenters. The van der Waals surface area contributed by atoms with Crippen LogP contribution in [0.4, 0.5) is 0 Å². The first-order valence-electron chi connectivity index (χ1n) is 10.6. The molecule has 4 rings (SSSR count). The molecule has 0 radical (unpaired) electrons. The van der Waals surface area contributed by atoms with E-state index >= 15 is 0 Å². The van der Waals surface area contributed by atoms with E-state index in [-0.39, 0.29) is 18.0 Å². The number of carbonyl (C=O) groups is 1. The molecular formula is C21H30N4O3S. The molecule has 3 aliphatic rings. The molecule has 1 aromatic carbocycles. The molecular weight excluding hydrogens is 388 g/mol. The SMILES string of the molecule is CC1=NN(CCC(=O)NC2CCc3ccc(S(=O)(=O)NC4CCCC4)cc32)CC1. The Morgan fingerprint density at radius 1 is 1.21 bits per heavy atom. The summed E-state index contributed by atoms with van der Waals surface area (Å²) < 4.78 is 28.4. The van der Waals surface area contributed by atoms with Gasteiger partial charge >= 0.3 is 0 Å². The Morgan fingerprint density at radius 2 is 2.00 bits per heavy atom. The van der Waals surface area contributed by atoms with Crippen molar-refractivity contribution in [2.24, 2.45) is 5.10 Å². The Bertz CT molecular complexity index is 907. The van der Waals surface area contributed by atoms with Crippen LogP contribution in [0.1, 0.15) is 69.0 Å². The van der Waals surface area contributed by atoms with Gasteiger partial charge in [-0.1, -0.05) is 18.9 Å². The molecule has 2 N–H and O–H groups in total. The van der Waals surface area contributed by atoms with Crippen molar-refractivity contribution in [2.45, 2.75) is 75.3 Å². The summed E-state index contributed by atoms with van der Waals surface area (Å²) >= 11 is 0. The van der Waals surface area contributed by atoms with E-state index < -0.39 is 10.0 Å². The number of benzene rings is 1. The summed E-state index contributed by atoms with van der Waals surface area (Å²) in [5, 5.41) is 9.44. The van der Waals surface area contributed by atoms with Crippen molar-refractivity contribution in [3.05, 3.63) is 29.3 Å². The van der Waals surface area contributed by atoms with Gasteiger partial charge in [0.2, 0.25) is 15.9 Å². The van der Waals surface area contributed by atoms with Crippen LogP contribution in [-0.4, -0.2) is 44.2 Å². The number of hydrogen-bond donors (Lipinski definition) is 2. The van der Waals surface area contributed by atoms with Gasteiger partial charge in [-0.2, -0.15) is 5.10 Å². The van der Waals surface area contributed by atoms with Gasteiger partial charge in [-0.25, -0.2) is 13.1 Å². The Balaban J connectivity index is 1.39. The third kappa shape index (κ3) is 4.80. The highest BCUT2D eigenvalue weighted by Crippen LogP contribution is 2.33. The van der Waals surface area contributed by atoms with Gasteiger partial charge in [0, 0.05) is 37.7 Å². The fourth-order valence-electron chi connectivity index (χ4n) is 4.52. The monoisotopic (exact) mass is 418 g/mol. The van der Waals surface area contributed by atoms with Crippen LogP contribution in [0.15, 0.2) is 28.2 Å². The van der Waals surface area contributed by atoms with Gasteiger partial charge in [0.1, 0.15) is 0 Å². The summed E-state index contributed by atoms with van der Waals surface area (Å²) in [5.74, 6) is -0.0139. The lowest BCUT2D eigenvalue weighted by Crippen LogP contribution is -2.33. The van der Waals surface area contributed by atoms with Crippen LogP contribution in [0, 0.1) is 0 Å². The number of rotatable bonds is 7. The molecule has 7 nitrogen and oxygen atoms in total. The van der Waals surface area contributed by atoms with E-state index in [4.69, 9.17) is 0 Å². The van der Waals surface area contributed by atoms with Crippen molar-refractivity contribution in [3.8, 4) is 0 Å². The van der Waals surface area contributed by atoms with Gasteiger partial charge in [-0.15, -0.1) is 0 Å². The van der Waals surface area contributed by atoms with Gasteiger partial charge < -0.3 is 5.32 Å². The molecule has 0 saturated heterocycles. The average molecular weight is 419 g/mol. The van der Waals surface area contributed by atoms with Crippen LogP contribution in [0.2, 0.25) is 0 Å². The van der Waals surface area contributed by atoms with Crippen molar-refractivity contribution >= 4 is 21.6 Å². The largest absolute Gasteiger partial charge is 0.349 e. The van der Waals surface area contributed by atoms with Gasteiger partial charge in [0.05, 0.1) is 10.9 Å². The summed E-state index contributed by atoms with van der Waals surface area (Å²) in [7, 11) is -3.53. The van der Waals surface area contributed by atoms with E-state index in [9.17, 15) is 13.2 Å². The van der Waals surface area contributed by atoms with Gasteiger partial charge in [-0.3, -0.25) is 9.80 Å². The molecule has 29 heavy (non-hydrogen) atoms. The van der Waals surface area contributed by atoms with Crippen LogP contribution >= 0.6 is 0 Å². The Hall–Kier alpha value is -1.93. The van der Waals surface area contributed by atoms with Crippen LogP contribution in [0.5, 0.6) is 0 Å². The molecule has 0 bridgehead atoms. The maximum Gasteiger partial charge on any atom is 0.240 e. The summed E-state index contributed by atoms with van der Waals surface area (Å²) in [5.41, 5.74) is 3.16. The third-order valence-electron chi connectivity index (χ3n) is 6.16. The highest BCUT2D eigenvalue weighted by molar-refractivity contribution is 7.89. The minimum atomic E-state index is -3.53. The number of nitrogens with zero attached hydrogens (tertiary/aromatic N) is 2. The number of sulfonamides is 1. The zero-order valence-electron chi connectivity index (χ0n) is 17.0. The van der Waals surface area contributed by atoms with Crippen LogP contribution in [0.25, 0.3) is 0 Å². The molecule has 0 aromatic heterocycles. The van der Waals surface area contributed by atoms with Crippen LogP contribution in [-0.2, 0) is 21.2 Å². The lowest BCUT2D eigenvalue weighted by atomic mass is 10.1. The first-order chi connectivity index (χ1) is 13.9. The fraction of sp³-hybridized carbons (Fsp3) is 0.619. The number of hydrazone groups is 1. The molecule has 1 fully saturated rings. The summed E-state index contributed by atoms with van der Waals surface area (Å²) in [4.78, 5) is 12.7. The van der Waals surface area contributed by atoms with Crippen LogP contribution < -0.4 is 10.0 Å². The number of nitrogens with one attached hydrogen (secondary N) is 2. The van der Waals surface area contributed by atoms with Crippen molar-refractivity contribution in [1.82, 2.24) is 15.0 Å². The zero-order chi connectivity index (χ0) is 20.4. The standard InChI is InChI=1S/C21H30N4O3S/c1-15-10-12-25(23-15)13-11-21(26)22-20-9-7-16-6-8-18(14-19(16)20)29(27,28)24-17-4-2-3-5-17/h6,8,14,17,20,24H,2-5,7,9-13H2,1H3,(H,22,26). The van der Waals surface area contributed by atoms with Gasteiger partial charge in [-0.05, 0) is 55.9 Å². The second-order valence-electron chi connectivity index (χ2n) is 8.41. The number of carbonyl (C=O) groups excluding carboxylic acids is 1. The Morgan fingerprint density at radius 3 is 2.72 bits per heavy atom. The number of hydrogen-bond acceptors (Lipinski definition) is 5. The molecule has 1 heterocycles. The summed E-state index contributed by atoms with van der Waals surface area (Å²) in [6, 6.07) is 5.25. The normalized spacial score (nSPS) is 22.0. The highest BCUT2D eigenvalue weighted by atomic mass is 32.2. The van der Waals surface area contributed by atoms with Crippen molar-refractivity contribution in [1.29, 1.82) is 0 Å². The average Bonchev–Trinajstić information content (AvgIpc) is 3.42. The third-order valence-corrected chi connectivity index (χ3v) is 7.68. The molecule has 1 aromatic rings. The predicted molar refractivity (Wildman–Crippen MR) is 112 cm³/mol. The second-order valence-corrected chi connectivity index (χ2v) is 10.1. The molecule has 1 atom stereocenters. The lowest BCUT2D eigenvalue weighted by Gasteiger charge is -2.18. The van der Waals surface area contributed by atoms with E-state index in [1.807, 2.05) is 18.0 Å².